The number of carbonyl (C=O) groups excluding carboxylic acids is 1. The van der Waals surface area contributed by atoms with Crippen LogP contribution in [0.3, 0.4) is 0 Å². The van der Waals surface area contributed by atoms with Gasteiger partial charge >= 0.3 is 0 Å². The molecule has 0 bridgehead atoms. The predicted molar refractivity (Wildman–Crippen MR) is 80.4 cm³/mol. The third kappa shape index (κ3) is 3.16. The maximum Gasteiger partial charge on any atom is 0.257 e. The normalized spacial score (nSPS) is 14.4. The van der Waals surface area contributed by atoms with Crippen molar-refractivity contribution in [2.45, 2.75) is 45.1 Å². The number of amides is 1. The van der Waals surface area contributed by atoms with Gasteiger partial charge in [0.15, 0.2) is 5.76 Å². The summed E-state index contributed by atoms with van der Waals surface area (Å²) in [5.74, 6) is 2.20. The first kappa shape index (κ1) is 14.7. The van der Waals surface area contributed by atoms with E-state index in [1.807, 2.05) is 6.07 Å². The van der Waals surface area contributed by atoms with Gasteiger partial charge in [-0.25, -0.2) is 9.97 Å². The van der Waals surface area contributed by atoms with Crippen LogP contribution >= 0.6 is 0 Å². The zero-order valence-corrected chi connectivity index (χ0v) is 13.1. The number of carbonyl (C=O) groups is 1. The quantitative estimate of drug-likeness (QED) is 0.849. The van der Waals surface area contributed by atoms with Crippen LogP contribution in [0.15, 0.2) is 23.0 Å². The van der Waals surface area contributed by atoms with Crippen LogP contribution in [0.5, 0.6) is 0 Å². The van der Waals surface area contributed by atoms with Crippen LogP contribution in [0.2, 0.25) is 0 Å². The molecular weight excluding hydrogens is 280 g/mol. The van der Waals surface area contributed by atoms with Crippen molar-refractivity contribution in [3.05, 3.63) is 41.3 Å². The van der Waals surface area contributed by atoms with Crippen LogP contribution in [0, 0.1) is 0 Å². The van der Waals surface area contributed by atoms with E-state index in [1.165, 1.54) is 0 Å². The van der Waals surface area contributed by atoms with E-state index in [2.05, 4.69) is 29.0 Å². The lowest BCUT2D eigenvalue weighted by Crippen LogP contribution is -2.26. The molecule has 0 N–H and O–H groups in total. The van der Waals surface area contributed by atoms with Gasteiger partial charge in [-0.3, -0.25) is 4.79 Å². The molecule has 3 rings (SSSR count). The highest BCUT2D eigenvalue weighted by molar-refractivity contribution is 5.93. The molecule has 0 spiro atoms. The number of hydrogen-bond donors (Lipinski definition) is 0. The Bertz CT molecular complexity index is 659. The zero-order chi connectivity index (χ0) is 15.7. The third-order valence-electron chi connectivity index (χ3n) is 3.77. The van der Waals surface area contributed by atoms with Crippen molar-refractivity contribution < 1.29 is 9.32 Å². The summed E-state index contributed by atoms with van der Waals surface area (Å²) in [6.07, 6.45) is 5.52. The lowest BCUT2D eigenvalue weighted by molar-refractivity contribution is 0.0771. The van der Waals surface area contributed by atoms with Crippen molar-refractivity contribution in [3.8, 4) is 0 Å². The molecule has 1 aliphatic carbocycles. The molecule has 6 heteroatoms. The van der Waals surface area contributed by atoms with E-state index < -0.39 is 0 Å². The highest BCUT2D eigenvalue weighted by Crippen LogP contribution is 2.37. The van der Waals surface area contributed by atoms with Crippen LogP contribution in [0.25, 0.3) is 0 Å². The molecule has 1 amide bonds. The topological polar surface area (TPSA) is 72.1 Å². The summed E-state index contributed by atoms with van der Waals surface area (Å²) in [4.78, 5) is 22.5. The molecule has 2 aromatic rings. The maximum absolute atomic E-state index is 12.4. The Kier molecular flexibility index (Phi) is 3.92. The Morgan fingerprint density at radius 3 is 2.59 bits per heavy atom. The highest BCUT2D eigenvalue weighted by atomic mass is 16.5. The van der Waals surface area contributed by atoms with Crippen molar-refractivity contribution >= 4 is 5.91 Å². The molecular formula is C16H20N4O2. The summed E-state index contributed by atoms with van der Waals surface area (Å²) in [7, 11) is 1.73. The molecule has 0 aliphatic heterocycles. The lowest BCUT2D eigenvalue weighted by Gasteiger charge is -2.14. The second-order valence-electron chi connectivity index (χ2n) is 6.14. The van der Waals surface area contributed by atoms with E-state index in [4.69, 9.17) is 4.52 Å². The highest BCUT2D eigenvalue weighted by Gasteiger charge is 2.26. The Balaban J connectivity index is 1.65. The van der Waals surface area contributed by atoms with Gasteiger partial charge in [-0.15, -0.1) is 0 Å². The second-order valence-corrected chi connectivity index (χ2v) is 6.14. The maximum atomic E-state index is 12.4. The van der Waals surface area contributed by atoms with E-state index in [9.17, 15) is 4.79 Å². The summed E-state index contributed by atoms with van der Waals surface area (Å²) < 4.78 is 5.27. The first-order valence-corrected chi connectivity index (χ1v) is 7.57. The second kappa shape index (κ2) is 5.87. The molecule has 0 radical (unpaired) electrons. The van der Waals surface area contributed by atoms with Gasteiger partial charge in [0.1, 0.15) is 5.82 Å². The first-order chi connectivity index (χ1) is 10.5. The van der Waals surface area contributed by atoms with Crippen LogP contribution in [0.4, 0.5) is 0 Å². The zero-order valence-electron chi connectivity index (χ0n) is 13.1. The largest absolute Gasteiger partial charge is 0.359 e. The number of hydrogen-bond acceptors (Lipinski definition) is 5. The van der Waals surface area contributed by atoms with Crippen molar-refractivity contribution in [2.24, 2.45) is 0 Å². The average Bonchev–Trinajstić information content (AvgIpc) is 3.26. The van der Waals surface area contributed by atoms with Crippen LogP contribution in [-0.2, 0) is 6.54 Å². The van der Waals surface area contributed by atoms with E-state index in [1.54, 1.807) is 24.3 Å². The van der Waals surface area contributed by atoms with Crippen molar-refractivity contribution in [1.82, 2.24) is 20.0 Å². The van der Waals surface area contributed by atoms with E-state index >= 15 is 0 Å². The van der Waals surface area contributed by atoms with Gasteiger partial charge in [0.25, 0.3) is 5.91 Å². The Labute approximate surface area is 129 Å². The summed E-state index contributed by atoms with van der Waals surface area (Å²) >= 11 is 0. The summed E-state index contributed by atoms with van der Waals surface area (Å²) in [5.41, 5.74) is 1.39. The van der Waals surface area contributed by atoms with Gasteiger partial charge in [0, 0.05) is 31.4 Å². The summed E-state index contributed by atoms with van der Waals surface area (Å²) in [6.45, 7) is 4.48. The van der Waals surface area contributed by atoms with E-state index in [-0.39, 0.29) is 5.91 Å². The minimum Gasteiger partial charge on any atom is -0.359 e. The van der Waals surface area contributed by atoms with Crippen molar-refractivity contribution in [3.63, 3.8) is 0 Å². The Morgan fingerprint density at radius 1 is 1.36 bits per heavy atom. The molecule has 0 saturated heterocycles. The number of nitrogens with zero attached hydrogens (tertiary/aromatic N) is 4. The molecule has 1 aliphatic rings. The lowest BCUT2D eigenvalue weighted by atomic mass is 10.1. The van der Waals surface area contributed by atoms with E-state index in [0.29, 0.717) is 29.7 Å². The molecule has 0 unspecified atom stereocenters. The molecule has 22 heavy (non-hydrogen) atoms. The van der Waals surface area contributed by atoms with Crippen molar-refractivity contribution in [2.75, 3.05) is 7.05 Å². The molecule has 6 nitrogen and oxygen atoms in total. The fourth-order valence-electron chi connectivity index (χ4n) is 2.20. The fraction of sp³-hybridized carbons (Fsp3) is 0.500. The summed E-state index contributed by atoms with van der Waals surface area (Å²) in [5, 5.41) is 4.00. The smallest absolute Gasteiger partial charge is 0.257 e. The summed E-state index contributed by atoms with van der Waals surface area (Å²) in [6, 6.07) is 1.89. The van der Waals surface area contributed by atoms with Crippen LogP contribution < -0.4 is 0 Å². The number of aromatic nitrogens is 3. The Hall–Kier alpha value is -2.24. The Morgan fingerprint density at radius 2 is 2.05 bits per heavy atom. The first-order valence-electron chi connectivity index (χ1n) is 7.57. The van der Waals surface area contributed by atoms with Gasteiger partial charge in [-0.05, 0) is 18.8 Å². The van der Waals surface area contributed by atoms with Gasteiger partial charge < -0.3 is 9.42 Å². The fourth-order valence-corrected chi connectivity index (χ4v) is 2.20. The van der Waals surface area contributed by atoms with Gasteiger partial charge in [0.2, 0.25) is 0 Å². The minimum absolute atomic E-state index is 0.121. The molecule has 0 aromatic carbocycles. The molecule has 1 fully saturated rings. The van der Waals surface area contributed by atoms with Gasteiger partial charge in [0.05, 0.1) is 17.8 Å². The predicted octanol–water partition coefficient (Wildman–Crippen LogP) is 2.74. The molecule has 1 saturated carbocycles. The van der Waals surface area contributed by atoms with Crippen LogP contribution in [0.1, 0.15) is 66.2 Å². The molecule has 116 valence electrons. The standard InChI is InChI=1S/C16H20N4O2/c1-10(2)14-6-13(22-19-14)9-20(3)16(21)12-7-17-15(18-8-12)11-4-5-11/h6-8,10-11H,4-5,9H2,1-3H3. The number of rotatable bonds is 5. The molecule has 0 atom stereocenters. The van der Waals surface area contributed by atoms with Crippen molar-refractivity contribution in [1.29, 1.82) is 0 Å². The third-order valence-corrected chi connectivity index (χ3v) is 3.77. The van der Waals surface area contributed by atoms with E-state index in [0.717, 1.165) is 24.4 Å². The molecule has 2 aromatic heterocycles. The average molecular weight is 300 g/mol. The van der Waals surface area contributed by atoms with Gasteiger partial charge in [-0.2, -0.15) is 0 Å². The minimum atomic E-state index is -0.121. The van der Waals surface area contributed by atoms with Gasteiger partial charge in [-0.1, -0.05) is 19.0 Å². The molecule has 2 heterocycles. The van der Waals surface area contributed by atoms with Crippen LogP contribution in [-0.4, -0.2) is 33.0 Å². The SMILES string of the molecule is CC(C)c1cc(CN(C)C(=O)c2cnc(C3CC3)nc2)on1. The monoisotopic (exact) mass is 300 g/mol.